The number of nitrogens with zero attached hydrogens (tertiary/aromatic N) is 3. The van der Waals surface area contributed by atoms with Gasteiger partial charge < -0.3 is 19.2 Å². The second-order valence-electron chi connectivity index (χ2n) is 7.49. The number of aryl methyl sites for hydroxylation is 1. The number of hydrogen-bond donors (Lipinski definition) is 1. The normalized spacial score (nSPS) is 13.5. The molecule has 0 bridgehead atoms. The highest BCUT2D eigenvalue weighted by molar-refractivity contribution is 9.10. The largest absolute Gasteiger partial charge is 0.486 e. The van der Waals surface area contributed by atoms with Crippen molar-refractivity contribution in [1.82, 2.24) is 19.4 Å². The molecule has 0 spiro atoms. The average Bonchev–Trinajstić information content (AvgIpc) is 3.35. The topological polar surface area (TPSA) is 63.2 Å². The molecule has 30 heavy (non-hydrogen) atoms. The molecule has 152 valence electrons. The standard InChI is InChI=1S/C23H21BrN4O2/c1-27-12-10-25-21(27)14-30-16-7-5-15(6-8-16)23(29)28-11-9-20-18(13-28)17-3-2-4-19(24)22(17)26-20/h2-8,10,12,26H,9,11,13-14H2,1H3. The van der Waals surface area contributed by atoms with Crippen LogP contribution in [0.15, 0.2) is 59.3 Å². The van der Waals surface area contributed by atoms with Gasteiger partial charge in [0.25, 0.3) is 5.91 Å². The molecule has 2 aromatic carbocycles. The van der Waals surface area contributed by atoms with Crippen LogP contribution < -0.4 is 4.74 Å². The van der Waals surface area contributed by atoms with Gasteiger partial charge >= 0.3 is 0 Å². The number of carbonyl (C=O) groups excluding carboxylic acids is 1. The minimum Gasteiger partial charge on any atom is -0.486 e. The van der Waals surface area contributed by atoms with E-state index in [9.17, 15) is 4.79 Å². The van der Waals surface area contributed by atoms with E-state index in [-0.39, 0.29) is 5.91 Å². The van der Waals surface area contributed by atoms with Crippen molar-refractivity contribution in [3.63, 3.8) is 0 Å². The Morgan fingerprint density at radius 1 is 1.23 bits per heavy atom. The lowest BCUT2D eigenvalue weighted by atomic mass is 10.0. The van der Waals surface area contributed by atoms with Crippen molar-refractivity contribution in [3.05, 3.63) is 82.0 Å². The van der Waals surface area contributed by atoms with Crippen LogP contribution in [0.1, 0.15) is 27.4 Å². The maximum Gasteiger partial charge on any atom is 0.254 e. The van der Waals surface area contributed by atoms with Crippen molar-refractivity contribution in [2.45, 2.75) is 19.6 Å². The molecule has 3 heterocycles. The van der Waals surface area contributed by atoms with Gasteiger partial charge in [0.05, 0.1) is 5.52 Å². The van der Waals surface area contributed by atoms with E-state index in [0.717, 1.165) is 28.0 Å². The lowest BCUT2D eigenvalue weighted by Gasteiger charge is -2.27. The number of amides is 1. The number of halogens is 1. The Hall–Kier alpha value is -3.06. The quantitative estimate of drug-likeness (QED) is 0.485. The SMILES string of the molecule is Cn1ccnc1COc1ccc(C(=O)N2CCc3[nH]c4c(Br)cccc4c3C2)cc1. The van der Waals surface area contributed by atoms with Gasteiger partial charge in [-0.2, -0.15) is 0 Å². The van der Waals surface area contributed by atoms with E-state index in [2.05, 4.69) is 32.0 Å². The van der Waals surface area contributed by atoms with Crippen molar-refractivity contribution < 1.29 is 9.53 Å². The summed E-state index contributed by atoms with van der Waals surface area (Å²) < 4.78 is 8.76. The van der Waals surface area contributed by atoms with E-state index in [1.165, 1.54) is 16.6 Å². The number of fused-ring (bicyclic) bond motifs is 3. The molecule has 0 saturated heterocycles. The Balaban J connectivity index is 1.30. The summed E-state index contributed by atoms with van der Waals surface area (Å²) in [5.74, 6) is 1.61. The van der Waals surface area contributed by atoms with Crippen LogP contribution in [0.25, 0.3) is 10.9 Å². The number of nitrogens with one attached hydrogen (secondary N) is 1. The molecule has 0 aliphatic carbocycles. The number of carbonyl (C=O) groups is 1. The molecule has 0 radical (unpaired) electrons. The van der Waals surface area contributed by atoms with Gasteiger partial charge in [0.2, 0.25) is 0 Å². The summed E-state index contributed by atoms with van der Waals surface area (Å²) in [4.78, 5) is 22.8. The van der Waals surface area contributed by atoms with Gasteiger partial charge in [-0.1, -0.05) is 12.1 Å². The Morgan fingerprint density at radius 3 is 2.83 bits per heavy atom. The number of benzene rings is 2. The molecule has 0 saturated carbocycles. The Morgan fingerprint density at radius 2 is 2.07 bits per heavy atom. The van der Waals surface area contributed by atoms with E-state index in [4.69, 9.17) is 4.74 Å². The maximum atomic E-state index is 13.1. The summed E-state index contributed by atoms with van der Waals surface area (Å²) in [6.45, 7) is 1.71. The van der Waals surface area contributed by atoms with E-state index in [1.807, 2.05) is 59.1 Å². The highest BCUT2D eigenvalue weighted by Crippen LogP contribution is 2.32. The molecule has 4 aromatic rings. The molecule has 1 N–H and O–H groups in total. The molecule has 0 atom stereocenters. The highest BCUT2D eigenvalue weighted by Gasteiger charge is 2.25. The molecule has 1 amide bonds. The summed E-state index contributed by atoms with van der Waals surface area (Å²) in [5, 5.41) is 1.18. The zero-order chi connectivity index (χ0) is 20.7. The Labute approximate surface area is 182 Å². The third-order valence-electron chi connectivity index (χ3n) is 5.64. The van der Waals surface area contributed by atoms with Crippen LogP contribution in [0.4, 0.5) is 0 Å². The number of aromatic nitrogens is 3. The van der Waals surface area contributed by atoms with E-state index >= 15 is 0 Å². The molecular weight excluding hydrogens is 444 g/mol. The maximum absolute atomic E-state index is 13.1. The first kappa shape index (κ1) is 18.9. The van der Waals surface area contributed by atoms with Crippen LogP contribution >= 0.6 is 15.9 Å². The van der Waals surface area contributed by atoms with Gasteiger partial charge in [-0.15, -0.1) is 0 Å². The highest BCUT2D eigenvalue weighted by atomic mass is 79.9. The number of imidazole rings is 1. The monoisotopic (exact) mass is 464 g/mol. The van der Waals surface area contributed by atoms with Crippen LogP contribution in [0.2, 0.25) is 0 Å². The Kier molecular flexibility index (Phi) is 4.83. The second-order valence-corrected chi connectivity index (χ2v) is 8.34. The van der Waals surface area contributed by atoms with Crippen molar-refractivity contribution >= 4 is 32.7 Å². The first-order chi connectivity index (χ1) is 14.6. The number of hydrogen-bond acceptors (Lipinski definition) is 3. The minimum absolute atomic E-state index is 0.0423. The lowest BCUT2D eigenvalue weighted by molar-refractivity contribution is 0.0735. The first-order valence-corrected chi connectivity index (χ1v) is 10.7. The fourth-order valence-corrected chi connectivity index (χ4v) is 4.40. The molecular formula is C23H21BrN4O2. The van der Waals surface area contributed by atoms with Gasteiger partial charge in [0.15, 0.2) is 0 Å². The number of para-hydroxylation sites is 1. The van der Waals surface area contributed by atoms with Gasteiger partial charge in [-0.3, -0.25) is 4.79 Å². The molecule has 0 fully saturated rings. The number of ether oxygens (including phenoxy) is 1. The fraction of sp³-hybridized carbons (Fsp3) is 0.217. The second kappa shape index (κ2) is 7.65. The Bertz CT molecular complexity index is 1230. The number of rotatable bonds is 4. The predicted octanol–water partition coefficient (Wildman–Crippen LogP) is 4.44. The van der Waals surface area contributed by atoms with Gasteiger partial charge in [0, 0.05) is 65.6 Å². The van der Waals surface area contributed by atoms with Crippen LogP contribution in [0.3, 0.4) is 0 Å². The van der Waals surface area contributed by atoms with Crippen LogP contribution in [-0.4, -0.2) is 31.9 Å². The molecule has 2 aromatic heterocycles. The number of H-pyrrole nitrogens is 1. The van der Waals surface area contributed by atoms with Crippen molar-refractivity contribution in [3.8, 4) is 5.75 Å². The van der Waals surface area contributed by atoms with E-state index in [1.54, 1.807) is 6.20 Å². The zero-order valence-electron chi connectivity index (χ0n) is 16.6. The van der Waals surface area contributed by atoms with Crippen LogP contribution in [0, 0.1) is 0 Å². The molecule has 5 rings (SSSR count). The van der Waals surface area contributed by atoms with Crippen LogP contribution in [-0.2, 0) is 26.6 Å². The molecule has 6 nitrogen and oxygen atoms in total. The number of aromatic amines is 1. The van der Waals surface area contributed by atoms with Crippen molar-refractivity contribution in [2.75, 3.05) is 6.54 Å². The smallest absolute Gasteiger partial charge is 0.254 e. The van der Waals surface area contributed by atoms with E-state index < -0.39 is 0 Å². The zero-order valence-corrected chi connectivity index (χ0v) is 18.1. The minimum atomic E-state index is 0.0423. The third kappa shape index (κ3) is 3.39. The van der Waals surface area contributed by atoms with Crippen molar-refractivity contribution in [1.29, 1.82) is 0 Å². The van der Waals surface area contributed by atoms with Gasteiger partial charge in [0.1, 0.15) is 18.2 Å². The van der Waals surface area contributed by atoms with Gasteiger partial charge in [-0.05, 0) is 46.3 Å². The summed E-state index contributed by atoms with van der Waals surface area (Å²) in [7, 11) is 1.93. The summed E-state index contributed by atoms with van der Waals surface area (Å²) in [6, 6.07) is 13.5. The third-order valence-corrected chi connectivity index (χ3v) is 6.30. The molecule has 1 aliphatic rings. The molecule has 0 unspecified atom stereocenters. The van der Waals surface area contributed by atoms with E-state index in [0.29, 0.717) is 25.3 Å². The molecule has 1 aliphatic heterocycles. The summed E-state index contributed by atoms with van der Waals surface area (Å²) in [5.41, 5.74) is 4.20. The first-order valence-electron chi connectivity index (χ1n) is 9.86. The lowest BCUT2D eigenvalue weighted by Crippen LogP contribution is -2.35. The fourth-order valence-electron chi connectivity index (χ4n) is 3.94. The summed E-state index contributed by atoms with van der Waals surface area (Å²) >= 11 is 3.61. The van der Waals surface area contributed by atoms with Crippen LogP contribution in [0.5, 0.6) is 5.75 Å². The molecule has 7 heteroatoms. The summed E-state index contributed by atoms with van der Waals surface area (Å²) in [6.07, 6.45) is 4.46. The van der Waals surface area contributed by atoms with Gasteiger partial charge in [-0.25, -0.2) is 4.98 Å². The predicted molar refractivity (Wildman–Crippen MR) is 118 cm³/mol. The average molecular weight is 465 g/mol. The van der Waals surface area contributed by atoms with Crippen molar-refractivity contribution in [2.24, 2.45) is 7.05 Å².